The number of rotatable bonds is 4. The second-order valence-electron chi connectivity index (χ2n) is 4.35. The van der Waals surface area contributed by atoms with Gasteiger partial charge >= 0.3 is 0 Å². The maximum atomic E-state index is 12.3. The summed E-state index contributed by atoms with van der Waals surface area (Å²) in [5, 5.41) is 0. The Balaban J connectivity index is 2.25. The van der Waals surface area contributed by atoms with Crippen molar-refractivity contribution in [1.29, 1.82) is 0 Å². The molecule has 0 aliphatic heterocycles. The Kier molecular flexibility index (Phi) is 4.00. The van der Waals surface area contributed by atoms with Gasteiger partial charge in [0.2, 0.25) is 0 Å². The molecule has 98 valence electrons. The zero-order valence-corrected chi connectivity index (χ0v) is 12.2. The van der Waals surface area contributed by atoms with Crippen LogP contribution >= 0.6 is 15.9 Å². The summed E-state index contributed by atoms with van der Waals surface area (Å²) in [6.07, 6.45) is 1.46. The average molecular weight is 321 g/mol. The van der Waals surface area contributed by atoms with E-state index in [1.807, 2.05) is 6.07 Å². The zero-order chi connectivity index (χ0) is 14.0. The van der Waals surface area contributed by atoms with Gasteiger partial charge in [-0.2, -0.15) is 0 Å². The lowest BCUT2D eigenvalue weighted by Gasteiger charge is -2.09. The van der Waals surface area contributed by atoms with Gasteiger partial charge in [0, 0.05) is 10.0 Å². The summed E-state index contributed by atoms with van der Waals surface area (Å²) in [6, 6.07) is 8.64. The van der Waals surface area contributed by atoms with E-state index in [-0.39, 0.29) is 11.6 Å². The lowest BCUT2D eigenvalue weighted by Crippen LogP contribution is -2.21. The van der Waals surface area contributed by atoms with Crippen molar-refractivity contribution >= 4 is 27.5 Å². The molecule has 1 aromatic heterocycles. The summed E-state index contributed by atoms with van der Waals surface area (Å²) < 4.78 is 5.92. The highest BCUT2D eigenvalue weighted by Crippen LogP contribution is 2.20. The van der Waals surface area contributed by atoms with E-state index in [9.17, 15) is 9.59 Å². The second kappa shape index (κ2) is 5.53. The highest BCUT2D eigenvalue weighted by molar-refractivity contribution is 9.10. The molecule has 19 heavy (non-hydrogen) atoms. The number of aryl methyl sites for hydroxylation is 1. The van der Waals surface area contributed by atoms with Gasteiger partial charge in [0.05, 0.1) is 17.7 Å². The predicted molar refractivity (Wildman–Crippen MR) is 75.4 cm³/mol. The molecule has 1 unspecified atom stereocenters. The van der Waals surface area contributed by atoms with Crippen LogP contribution in [0.2, 0.25) is 0 Å². The minimum Gasteiger partial charge on any atom is -0.469 e. The maximum Gasteiger partial charge on any atom is 0.176 e. The molecule has 1 atom stereocenters. The molecule has 0 saturated heterocycles. The fourth-order valence-corrected chi connectivity index (χ4v) is 2.28. The van der Waals surface area contributed by atoms with Gasteiger partial charge in [-0.1, -0.05) is 28.1 Å². The first-order chi connectivity index (χ1) is 9.00. The monoisotopic (exact) mass is 320 g/mol. The fourth-order valence-electron chi connectivity index (χ4n) is 1.88. The molecular weight excluding hydrogens is 308 g/mol. The third-order valence-electron chi connectivity index (χ3n) is 3.02. The van der Waals surface area contributed by atoms with Crippen molar-refractivity contribution in [2.45, 2.75) is 13.8 Å². The van der Waals surface area contributed by atoms with Crippen molar-refractivity contribution in [3.8, 4) is 0 Å². The SMILES string of the molecule is Cc1occc1C(=O)C(C)C(=O)c1cccc(Br)c1. The van der Waals surface area contributed by atoms with Crippen LogP contribution in [0.15, 0.2) is 45.5 Å². The van der Waals surface area contributed by atoms with Gasteiger partial charge in [0.1, 0.15) is 5.76 Å². The molecule has 0 bridgehead atoms. The fraction of sp³-hybridized carbons (Fsp3) is 0.200. The molecule has 0 amide bonds. The number of carbonyl (C=O) groups is 2. The first kappa shape index (κ1) is 13.7. The largest absolute Gasteiger partial charge is 0.469 e. The number of hydrogen-bond donors (Lipinski definition) is 0. The molecule has 0 N–H and O–H groups in total. The number of halogens is 1. The molecule has 2 rings (SSSR count). The Morgan fingerprint density at radius 1 is 1.21 bits per heavy atom. The Labute approximate surface area is 119 Å². The highest BCUT2D eigenvalue weighted by Gasteiger charge is 2.26. The molecule has 1 heterocycles. The summed E-state index contributed by atoms with van der Waals surface area (Å²) in [7, 11) is 0. The molecule has 1 aromatic carbocycles. The summed E-state index contributed by atoms with van der Waals surface area (Å²) in [5.74, 6) is -0.576. The number of Topliss-reactive ketones (excluding diaryl/α,β-unsaturated/α-hetero) is 2. The van der Waals surface area contributed by atoms with Crippen LogP contribution in [-0.2, 0) is 0 Å². The van der Waals surface area contributed by atoms with E-state index >= 15 is 0 Å². The van der Waals surface area contributed by atoms with E-state index < -0.39 is 5.92 Å². The van der Waals surface area contributed by atoms with Crippen LogP contribution in [0.1, 0.15) is 33.4 Å². The van der Waals surface area contributed by atoms with Crippen molar-refractivity contribution in [2.75, 3.05) is 0 Å². The normalized spacial score (nSPS) is 12.2. The van der Waals surface area contributed by atoms with Gasteiger partial charge in [-0.15, -0.1) is 0 Å². The van der Waals surface area contributed by atoms with Crippen molar-refractivity contribution in [1.82, 2.24) is 0 Å². The minimum atomic E-state index is -0.717. The zero-order valence-electron chi connectivity index (χ0n) is 10.6. The number of hydrogen-bond acceptors (Lipinski definition) is 3. The summed E-state index contributed by atoms with van der Waals surface area (Å²) in [6.45, 7) is 3.33. The van der Waals surface area contributed by atoms with E-state index in [0.29, 0.717) is 16.9 Å². The molecule has 0 aliphatic rings. The smallest absolute Gasteiger partial charge is 0.176 e. The summed E-state index contributed by atoms with van der Waals surface area (Å²) in [5.41, 5.74) is 0.993. The van der Waals surface area contributed by atoms with Crippen LogP contribution in [0, 0.1) is 12.8 Å². The van der Waals surface area contributed by atoms with Crippen molar-refractivity contribution < 1.29 is 14.0 Å². The number of ketones is 2. The van der Waals surface area contributed by atoms with Gasteiger partial charge in [0.15, 0.2) is 11.6 Å². The van der Waals surface area contributed by atoms with E-state index in [2.05, 4.69) is 15.9 Å². The molecule has 3 nitrogen and oxygen atoms in total. The Morgan fingerprint density at radius 2 is 1.95 bits per heavy atom. The van der Waals surface area contributed by atoms with Crippen LogP contribution in [0.4, 0.5) is 0 Å². The lowest BCUT2D eigenvalue weighted by molar-refractivity contribution is 0.0820. The molecule has 0 fully saturated rings. The Bertz CT molecular complexity index is 628. The Morgan fingerprint density at radius 3 is 2.53 bits per heavy atom. The molecule has 2 aromatic rings. The van der Waals surface area contributed by atoms with Gasteiger partial charge in [-0.05, 0) is 32.0 Å². The van der Waals surface area contributed by atoms with E-state index in [0.717, 1.165) is 4.47 Å². The summed E-state index contributed by atoms with van der Waals surface area (Å²) >= 11 is 3.31. The number of furan rings is 1. The van der Waals surface area contributed by atoms with Gasteiger partial charge in [-0.3, -0.25) is 9.59 Å². The highest BCUT2D eigenvalue weighted by atomic mass is 79.9. The van der Waals surface area contributed by atoms with E-state index in [1.165, 1.54) is 6.26 Å². The lowest BCUT2D eigenvalue weighted by atomic mass is 9.92. The second-order valence-corrected chi connectivity index (χ2v) is 5.27. The number of carbonyl (C=O) groups excluding carboxylic acids is 2. The molecule has 4 heteroatoms. The third-order valence-corrected chi connectivity index (χ3v) is 3.51. The standard InChI is InChI=1S/C15H13BrO3/c1-9(15(18)13-6-7-19-10(13)2)14(17)11-4-3-5-12(16)8-11/h3-9H,1-2H3. The van der Waals surface area contributed by atoms with Crippen molar-refractivity contribution in [3.63, 3.8) is 0 Å². The van der Waals surface area contributed by atoms with E-state index in [1.54, 1.807) is 38.1 Å². The first-order valence-electron chi connectivity index (χ1n) is 5.89. The first-order valence-corrected chi connectivity index (χ1v) is 6.68. The molecule has 0 aliphatic carbocycles. The molecule has 0 spiro atoms. The topological polar surface area (TPSA) is 47.3 Å². The Hall–Kier alpha value is -1.68. The third kappa shape index (κ3) is 2.84. The van der Waals surface area contributed by atoms with Crippen LogP contribution in [-0.4, -0.2) is 11.6 Å². The van der Waals surface area contributed by atoms with Crippen LogP contribution < -0.4 is 0 Å². The maximum absolute atomic E-state index is 12.3. The van der Waals surface area contributed by atoms with Gasteiger partial charge in [-0.25, -0.2) is 0 Å². The quantitative estimate of drug-likeness (QED) is 0.630. The van der Waals surface area contributed by atoms with E-state index in [4.69, 9.17) is 4.42 Å². The average Bonchev–Trinajstić information content (AvgIpc) is 2.82. The van der Waals surface area contributed by atoms with Crippen LogP contribution in [0.25, 0.3) is 0 Å². The van der Waals surface area contributed by atoms with Crippen molar-refractivity contribution in [2.24, 2.45) is 5.92 Å². The van der Waals surface area contributed by atoms with Crippen LogP contribution in [0.3, 0.4) is 0 Å². The summed E-state index contributed by atoms with van der Waals surface area (Å²) in [4.78, 5) is 24.5. The molecule has 0 radical (unpaired) electrons. The predicted octanol–water partition coefficient (Wildman–Crippen LogP) is 4.05. The number of benzene rings is 1. The van der Waals surface area contributed by atoms with Gasteiger partial charge < -0.3 is 4.42 Å². The minimum absolute atomic E-state index is 0.188. The van der Waals surface area contributed by atoms with Gasteiger partial charge in [0.25, 0.3) is 0 Å². The molecular formula is C15H13BrO3. The molecule has 0 saturated carbocycles. The van der Waals surface area contributed by atoms with Crippen LogP contribution in [0.5, 0.6) is 0 Å². The van der Waals surface area contributed by atoms with Crippen molar-refractivity contribution in [3.05, 3.63) is 58.0 Å².